The first-order chi connectivity index (χ1) is 14.7. The van der Waals surface area contributed by atoms with Crippen molar-refractivity contribution in [3.63, 3.8) is 0 Å². The summed E-state index contributed by atoms with van der Waals surface area (Å²) < 4.78 is 49.5. The zero-order chi connectivity index (χ0) is 22.6. The number of anilines is 1. The second-order valence-corrected chi connectivity index (χ2v) is 8.57. The quantitative estimate of drug-likeness (QED) is 0.545. The zero-order valence-electron chi connectivity index (χ0n) is 16.5. The number of carbonyl (C=O) groups is 1. The van der Waals surface area contributed by atoms with Gasteiger partial charge >= 0.3 is 5.76 Å². The number of halogens is 2. The molecule has 0 fully saturated rings. The number of amides is 1. The molecule has 0 bridgehead atoms. The molecule has 8 nitrogen and oxygen atoms in total. The van der Waals surface area contributed by atoms with E-state index in [0.717, 1.165) is 6.07 Å². The summed E-state index contributed by atoms with van der Waals surface area (Å²) in [5.74, 6) is -3.84. The van der Waals surface area contributed by atoms with Gasteiger partial charge in [0.15, 0.2) is 0 Å². The molecule has 0 saturated carbocycles. The summed E-state index contributed by atoms with van der Waals surface area (Å²) in [6.07, 6.45) is 0. The molecule has 1 amide bonds. The number of rotatable bonds is 8. The van der Waals surface area contributed by atoms with Gasteiger partial charge in [0.2, 0.25) is 15.7 Å². The van der Waals surface area contributed by atoms with Gasteiger partial charge in [0.05, 0.1) is 34.6 Å². The van der Waals surface area contributed by atoms with Crippen LogP contribution in [0.5, 0.6) is 0 Å². The van der Waals surface area contributed by atoms with Gasteiger partial charge in [-0.15, -0.1) is 0 Å². The number of H-pyrrole nitrogens is 1. The third-order valence-electron chi connectivity index (χ3n) is 4.55. The van der Waals surface area contributed by atoms with Gasteiger partial charge in [0.1, 0.15) is 5.82 Å². The number of aromatic amines is 1. The van der Waals surface area contributed by atoms with Gasteiger partial charge in [-0.25, -0.2) is 13.4 Å². The molecule has 0 saturated heterocycles. The van der Waals surface area contributed by atoms with Crippen LogP contribution in [0, 0.1) is 0 Å². The third kappa shape index (κ3) is 5.12. The second kappa shape index (κ2) is 9.31. The lowest BCUT2D eigenvalue weighted by atomic mass is 10.2. The smallest absolute Gasteiger partial charge is 0.324 e. The number of hydrogen-bond acceptors (Lipinski definition) is 6. The number of fused-ring (bicyclic) bond motifs is 1. The minimum Gasteiger partial charge on any atom is -0.324 e. The number of likely N-dealkylation sites (N-methyl/N-ethyl adjacent to an activating group) is 1. The Morgan fingerprint density at radius 3 is 2.55 bits per heavy atom. The molecule has 164 valence electrons. The average Bonchev–Trinajstić information content (AvgIpc) is 2.73. The predicted octanol–water partition coefficient (Wildman–Crippen LogP) is 2.38. The Morgan fingerprint density at radius 2 is 1.84 bits per heavy atom. The number of benzene rings is 2. The first kappa shape index (κ1) is 22.5. The Balaban J connectivity index is 1.75. The van der Waals surface area contributed by atoms with E-state index >= 15 is 0 Å². The molecule has 1 aromatic heterocycles. The SMILES string of the molecule is CCN(CC(=O)Nc1ccccc1S(=O)(=O)C(F)F)Cc1nc2ccccc2c(=O)[nH]1. The van der Waals surface area contributed by atoms with E-state index in [9.17, 15) is 26.8 Å². The largest absolute Gasteiger partial charge is 0.341 e. The molecule has 1 heterocycles. The standard InChI is InChI=1S/C20H20F2N4O4S/c1-2-26(11-17-23-14-8-4-3-7-13(14)19(28)25-17)12-18(27)24-15-9-5-6-10-16(15)31(29,30)20(21)22/h3-10,20H,2,11-12H2,1H3,(H,24,27)(H,23,25,28). The summed E-state index contributed by atoms with van der Waals surface area (Å²) in [6.45, 7) is 2.19. The van der Waals surface area contributed by atoms with Crippen LogP contribution in [0.15, 0.2) is 58.2 Å². The van der Waals surface area contributed by atoms with Crippen molar-refractivity contribution in [2.45, 2.75) is 24.1 Å². The molecule has 0 spiro atoms. The van der Waals surface area contributed by atoms with Crippen molar-refractivity contribution in [3.8, 4) is 0 Å². The Bertz CT molecular complexity index is 1260. The Hall–Kier alpha value is -3.18. The second-order valence-electron chi connectivity index (χ2n) is 6.68. The first-order valence-corrected chi connectivity index (χ1v) is 10.9. The molecule has 3 aromatic rings. The molecular formula is C20H20F2N4O4S. The van der Waals surface area contributed by atoms with E-state index in [0.29, 0.717) is 23.3 Å². The van der Waals surface area contributed by atoms with Crippen LogP contribution in [0.1, 0.15) is 12.7 Å². The Morgan fingerprint density at radius 1 is 1.16 bits per heavy atom. The lowest BCUT2D eigenvalue weighted by molar-refractivity contribution is -0.117. The van der Waals surface area contributed by atoms with Crippen molar-refractivity contribution in [2.24, 2.45) is 0 Å². The number of para-hydroxylation sites is 2. The minimum absolute atomic E-state index is 0.154. The fraction of sp³-hybridized carbons (Fsp3) is 0.250. The highest BCUT2D eigenvalue weighted by molar-refractivity contribution is 7.91. The maximum absolute atomic E-state index is 12.9. The molecule has 2 aromatic carbocycles. The highest BCUT2D eigenvalue weighted by Crippen LogP contribution is 2.26. The summed E-state index contributed by atoms with van der Waals surface area (Å²) in [4.78, 5) is 32.8. The van der Waals surface area contributed by atoms with Crippen LogP contribution in [0.3, 0.4) is 0 Å². The van der Waals surface area contributed by atoms with Crippen LogP contribution in [-0.4, -0.2) is 48.0 Å². The van der Waals surface area contributed by atoms with Crippen molar-refractivity contribution >= 4 is 32.3 Å². The fourth-order valence-corrected chi connectivity index (χ4v) is 3.89. The zero-order valence-corrected chi connectivity index (χ0v) is 17.3. The number of nitrogens with zero attached hydrogens (tertiary/aromatic N) is 2. The Kier molecular flexibility index (Phi) is 6.76. The monoisotopic (exact) mass is 450 g/mol. The summed E-state index contributed by atoms with van der Waals surface area (Å²) in [7, 11) is -4.87. The third-order valence-corrected chi connectivity index (χ3v) is 5.99. The molecule has 2 N–H and O–H groups in total. The van der Waals surface area contributed by atoms with Gasteiger partial charge in [-0.2, -0.15) is 8.78 Å². The van der Waals surface area contributed by atoms with Crippen molar-refractivity contribution in [1.29, 1.82) is 0 Å². The average molecular weight is 450 g/mol. The molecule has 0 radical (unpaired) electrons. The highest BCUT2D eigenvalue weighted by Gasteiger charge is 2.29. The molecule has 0 unspecified atom stereocenters. The van der Waals surface area contributed by atoms with Gasteiger partial charge in [0.25, 0.3) is 5.56 Å². The van der Waals surface area contributed by atoms with Gasteiger partial charge in [-0.05, 0) is 30.8 Å². The van der Waals surface area contributed by atoms with Crippen molar-refractivity contribution in [2.75, 3.05) is 18.4 Å². The highest BCUT2D eigenvalue weighted by atomic mass is 32.2. The van der Waals surface area contributed by atoms with E-state index in [4.69, 9.17) is 0 Å². The van der Waals surface area contributed by atoms with Crippen LogP contribution in [0.4, 0.5) is 14.5 Å². The fourth-order valence-electron chi connectivity index (χ4n) is 3.01. The molecular weight excluding hydrogens is 430 g/mol. The number of aromatic nitrogens is 2. The van der Waals surface area contributed by atoms with Gasteiger partial charge in [0, 0.05) is 0 Å². The summed E-state index contributed by atoms with van der Waals surface area (Å²) in [6, 6.07) is 11.8. The Labute approximate surface area is 176 Å². The van der Waals surface area contributed by atoms with Crippen LogP contribution in [0.2, 0.25) is 0 Å². The van der Waals surface area contributed by atoms with E-state index in [1.54, 1.807) is 36.1 Å². The molecule has 0 aliphatic carbocycles. The number of carbonyl (C=O) groups excluding carboxylic acids is 1. The number of nitrogens with one attached hydrogen (secondary N) is 2. The van der Waals surface area contributed by atoms with Crippen LogP contribution >= 0.6 is 0 Å². The minimum atomic E-state index is -4.87. The van der Waals surface area contributed by atoms with Crippen molar-refractivity contribution in [1.82, 2.24) is 14.9 Å². The molecule has 11 heteroatoms. The maximum Gasteiger partial charge on any atom is 0.341 e. The molecule has 0 aliphatic heterocycles. The maximum atomic E-state index is 12.9. The van der Waals surface area contributed by atoms with E-state index in [2.05, 4.69) is 15.3 Å². The van der Waals surface area contributed by atoms with Gasteiger partial charge in [-0.1, -0.05) is 31.2 Å². The van der Waals surface area contributed by atoms with E-state index in [-0.39, 0.29) is 24.3 Å². The number of sulfone groups is 1. The molecule has 0 aliphatic rings. The van der Waals surface area contributed by atoms with E-state index in [1.165, 1.54) is 18.2 Å². The predicted molar refractivity (Wildman–Crippen MR) is 112 cm³/mol. The molecule has 31 heavy (non-hydrogen) atoms. The van der Waals surface area contributed by atoms with Crippen LogP contribution in [-0.2, 0) is 21.2 Å². The summed E-state index contributed by atoms with van der Waals surface area (Å²) >= 11 is 0. The topological polar surface area (TPSA) is 112 Å². The number of alkyl halides is 2. The van der Waals surface area contributed by atoms with Gasteiger partial charge < -0.3 is 10.3 Å². The van der Waals surface area contributed by atoms with Crippen LogP contribution < -0.4 is 10.9 Å². The molecule has 0 atom stereocenters. The van der Waals surface area contributed by atoms with Crippen molar-refractivity contribution < 1.29 is 22.0 Å². The lowest BCUT2D eigenvalue weighted by Gasteiger charge is -2.20. The number of hydrogen-bond donors (Lipinski definition) is 2. The normalized spacial score (nSPS) is 11.9. The first-order valence-electron chi connectivity index (χ1n) is 9.33. The van der Waals surface area contributed by atoms with Crippen molar-refractivity contribution in [3.05, 3.63) is 64.7 Å². The summed E-state index contributed by atoms with van der Waals surface area (Å²) in [5, 5.41) is 2.83. The molecule has 3 rings (SSSR count). The van der Waals surface area contributed by atoms with Crippen LogP contribution in [0.25, 0.3) is 10.9 Å². The van der Waals surface area contributed by atoms with Gasteiger partial charge in [-0.3, -0.25) is 14.5 Å². The lowest BCUT2D eigenvalue weighted by Crippen LogP contribution is -2.34. The van der Waals surface area contributed by atoms with E-state index in [1.807, 2.05) is 0 Å². The van der Waals surface area contributed by atoms with E-state index < -0.39 is 26.4 Å². The summed E-state index contributed by atoms with van der Waals surface area (Å²) in [5.41, 5.74) is 0.00113.